The summed E-state index contributed by atoms with van der Waals surface area (Å²) in [6.07, 6.45) is 0.996. The molecular weight excluding hydrogens is 232 g/mol. The zero-order valence-corrected chi connectivity index (χ0v) is 10.1. The van der Waals surface area contributed by atoms with Gasteiger partial charge in [0.05, 0.1) is 13.7 Å². The highest BCUT2D eigenvalue weighted by atomic mass is 16.5. The maximum Gasteiger partial charge on any atom is 0.305 e. The van der Waals surface area contributed by atoms with Crippen LogP contribution in [0.1, 0.15) is 12.8 Å². The molecule has 0 unspecified atom stereocenters. The topological polar surface area (TPSA) is 69.9 Å². The summed E-state index contributed by atoms with van der Waals surface area (Å²) in [6.45, 7) is 0.551. The summed E-state index contributed by atoms with van der Waals surface area (Å²) < 4.78 is 4.56. The molecule has 18 heavy (non-hydrogen) atoms. The number of esters is 1. The van der Waals surface area contributed by atoms with Gasteiger partial charge in [0.1, 0.15) is 0 Å². The Morgan fingerprint density at radius 3 is 2.83 bits per heavy atom. The normalized spacial score (nSPS) is 10.3. The Balaban J connectivity index is 1.93. The molecule has 0 saturated carbocycles. The molecule has 6 nitrogen and oxygen atoms in total. The smallest absolute Gasteiger partial charge is 0.305 e. The molecule has 0 N–H and O–H groups in total. The first kappa shape index (κ1) is 12.2. The van der Waals surface area contributed by atoms with E-state index < -0.39 is 0 Å². The molecular formula is C12H14N4O2. The Labute approximate surface area is 105 Å². The van der Waals surface area contributed by atoms with Crippen molar-refractivity contribution < 1.29 is 9.53 Å². The molecule has 2 rings (SSSR count). The Bertz CT molecular complexity index is 510. The molecule has 0 bridgehead atoms. The largest absolute Gasteiger partial charge is 0.469 e. The summed E-state index contributed by atoms with van der Waals surface area (Å²) in [5, 5.41) is 12.2. The van der Waals surface area contributed by atoms with Gasteiger partial charge in [-0.25, -0.2) is 0 Å². The minimum atomic E-state index is -0.224. The van der Waals surface area contributed by atoms with Crippen molar-refractivity contribution in [3.05, 3.63) is 30.3 Å². The van der Waals surface area contributed by atoms with Crippen LogP contribution in [0.2, 0.25) is 0 Å². The second-order valence-electron chi connectivity index (χ2n) is 3.75. The number of hydrogen-bond acceptors (Lipinski definition) is 5. The molecule has 0 aliphatic heterocycles. The molecule has 2 aromatic rings. The lowest BCUT2D eigenvalue weighted by molar-refractivity contribution is -0.140. The minimum absolute atomic E-state index is 0.224. The molecule has 0 fully saturated rings. The third kappa shape index (κ3) is 3.13. The van der Waals surface area contributed by atoms with Crippen LogP contribution in [-0.2, 0) is 16.1 Å². The van der Waals surface area contributed by atoms with Crippen LogP contribution in [-0.4, -0.2) is 33.3 Å². The van der Waals surface area contributed by atoms with Gasteiger partial charge in [-0.3, -0.25) is 4.79 Å². The molecule has 0 radical (unpaired) electrons. The van der Waals surface area contributed by atoms with E-state index in [0.29, 0.717) is 25.2 Å². The molecule has 1 aromatic heterocycles. The summed E-state index contributed by atoms with van der Waals surface area (Å²) in [5.74, 6) is 0.368. The maximum atomic E-state index is 10.9. The van der Waals surface area contributed by atoms with E-state index in [0.717, 1.165) is 5.56 Å². The second kappa shape index (κ2) is 5.90. The predicted molar refractivity (Wildman–Crippen MR) is 64.5 cm³/mol. The van der Waals surface area contributed by atoms with Gasteiger partial charge < -0.3 is 4.74 Å². The summed E-state index contributed by atoms with van der Waals surface area (Å²) in [7, 11) is 1.38. The fourth-order valence-electron chi connectivity index (χ4n) is 1.51. The van der Waals surface area contributed by atoms with Crippen molar-refractivity contribution in [1.82, 2.24) is 20.2 Å². The minimum Gasteiger partial charge on any atom is -0.469 e. The lowest BCUT2D eigenvalue weighted by Gasteiger charge is -1.98. The van der Waals surface area contributed by atoms with Gasteiger partial charge in [0.25, 0.3) is 0 Å². The lowest BCUT2D eigenvalue weighted by atomic mass is 10.2. The van der Waals surface area contributed by atoms with Gasteiger partial charge in [-0.15, -0.1) is 10.2 Å². The van der Waals surface area contributed by atoms with Crippen LogP contribution in [0.5, 0.6) is 0 Å². The van der Waals surface area contributed by atoms with Crippen molar-refractivity contribution in [1.29, 1.82) is 0 Å². The highest BCUT2D eigenvalue weighted by molar-refractivity contribution is 5.68. The molecule has 94 valence electrons. The van der Waals surface area contributed by atoms with Crippen LogP contribution in [0, 0.1) is 0 Å². The molecule has 1 aromatic carbocycles. The molecule has 0 atom stereocenters. The first-order valence-corrected chi connectivity index (χ1v) is 5.69. The third-order valence-electron chi connectivity index (χ3n) is 2.45. The number of methoxy groups -OCH3 is 1. The third-order valence-corrected chi connectivity index (χ3v) is 2.45. The average Bonchev–Trinajstić information content (AvgIpc) is 2.88. The van der Waals surface area contributed by atoms with Crippen molar-refractivity contribution in [3.63, 3.8) is 0 Å². The quantitative estimate of drug-likeness (QED) is 0.743. The van der Waals surface area contributed by atoms with Crippen molar-refractivity contribution in [2.45, 2.75) is 19.4 Å². The fourth-order valence-corrected chi connectivity index (χ4v) is 1.51. The van der Waals surface area contributed by atoms with Crippen LogP contribution < -0.4 is 0 Å². The monoisotopic (exact) mass is 246 g/mol. The van der Waals surface area contributed by atoms with Crippen LogP contribution in [0.4, 0.5) is 0 Å². The number of nitrogens with zero attached hydrogens (tertiary/aromatic N) is 4. The van der Waals surface area contributed by atoms with Gasteiger partial charge in [-0.2, -0.15) is 4.80 Å². The van der Waals surface area contributed by atoms with Crippen molar-refractivity contribution in [3.8, 4) is 11.4 Å². The standard InChI is InChI=1S/C12H14N4O2/c1-18-11(17)8-5-9-16-14-12(13-15-16)10-6-3-2-4-7-10/h2-4,6-7H,5,8-9H2,1H3. The van der Waals surface area contributed by atoms with E-state index in [4.69, 9.17) is 0 Å². The molecule has 0 amide bonds. The van der Waals surface area contributed by atoms with Crippen LogP contribution in [0.25, 0.3) is 11.4 Å². The number of tetrazole rings is 1. The highest BCUT2D eigenvalue weighted by Crippen LogP contribution is 2.11. The molecule has 1 heterocycles. The number of hydrogen-bond donors (Lipinski definition) is 0. The first-order chi connectivity index (χ1) is 8.79. The molecule has 6 heteroatoms. The van der Waals surface area contributed by atoms with E-state index in [1.54, 1.807) is 0 Å². The van der Waals surface area contributed by atoms with E-state index in [1.807, 2.05) is 30.3 Å². The number of rotatable bonds is 5. The summed E-state index contributed by atoms with van der Waals surface area (Å²) in [6, 6.07) is 9.64. The lowest BCUT2D eigenvalue weighted by Crippen LogP contribution is -2.06. The summed E-state index contributed by atoms with van der Waals surface area (Å²) in [5.41, 5.74) is 0.928. The Morgan fingerprint density at radius 1 is 1.33 bits per heavy atom. The van der Waals surface area contributed by atoms with E-state index in [-0.39, 0.29) is 5.97 Å². The fraction of sp³-hybridized carbons (Fsp3) is 0.333. The number of aryl methyl sites for hydroxylation is 1. The summed E-state index contributed by atoms with van der Waals surface area (Å²) in [4.78, 5) is 12.4. The van der Waals surface area contributed by atoms with Crippen molar-refractivity contribution >= 4 is 5.97 Å². The average molecular weight is 246 g/mol. The van der Waals surface area contributed by atoms with Gasteiger partial charge in [0, 0.05) is 12.0 Å². The number of carbonyl (C=O) groups is 1. The van der Waals surface area contributed by atoms with E-state index in [9.17, 15) is 4.79 Å². The van der Waals surface area contributed by atoms with Gasteiger partial charge in [0.2, 0.25) is 5.82 Å². The molecule has 0 spiro atoms. The Kier molecular flexibility index (Phi) is 4.01. The Hall–Kier alpha value is -2.24. The SMILES string of the molecule is COC(=O)CCCn1nnc(-c2ccccc2)n1. The van der Waals surface area contributed by atoms with Gasteiger partial charge in [0.15, 0.2) is 0 Å². The van der Waals surface area contributed by atoms with Crippen molar-refractivity contribution in [2.24, 2.45) is 0 Å². The van der Waals surface area contributed by atoms with Gasteiger partial charge in [-0.05, 0) is 11.6 Å². The van der Waals surface area contributed by atoms with Gasteiger partial charge >= 0.3 is 5.97 Å². The van der Waals surface area contributed by atoms with Crippen LogP contribution in [0.15, 0.2) is 30.3 Å². The predicted octanol–water partition coefficient (Wildman–Crippen LogP) is 1.29. The van der Waals surface area contributed by atoms with E-state index in [1.165, 1.54) is 11.9 Å². The van der Waals surface area contributed by atoms with E-state index >= 15 is 0 Å². The number of carbonyl (C=O) groups excluding carboxylic acids is 1. The summed E-state index contributed by atoms with van der Waals surface area (Å²) >= 11 is 0. The molecule has 0 aliphatic carbocycles. The molecule has 0 aliphatic rings. The number of aromatic nitrogens is 4. The molecule has 0 saturated heterocycles. The zero-order chi connectivity index (χ0) is 12.8. The zero-order valence-electron chi connectivity index (χ0n) is 10.1. The number of ether oxygens (including phenoxy) is 1. The van der Waals surface area contributed by atoms with Gasteiger partial charge in [-0.1, -0.05) is 30.3 Å². The first-order valence-electron chi connectivity index (χ1n) is 5.69. The van der Waals surface area contributed by atoms with Crippen LogP contribution in [0.3, 0.4) is 0 Å². The van der Waals surface area contributed by atoms with E-state index in [2.05, 4.69) is 20.1 Å². The maximum absolute atomic E-state index is 10.9. The number of benzene rings is 1. The second-order valence-corrected chi connectivity index (χ2v) is 3.75. The highest BCUT2D eigenvalue weighted by Gasteiger charge is 2.06. The van der Waals surface area contributed by atoms with Crippen molar-refractivity contribution in [2.75, 3.05) is 7.11 Å². The van der Waals surface area contributed by atoms with Crippen LogP contribution >= 0.6 is 0 Å². The Morgan fingerprint density at radius 2 is 2.11 bits per heavy atom.